The van der Waals surface area contributed by atoms with Gasteiger partial charge in [-0.05, 0) is 61.7 Å². The first kappa shape index (κ1) is 23.2. The fraction of sp³-hybridized carbons (Fsp3) is 0.208. The van der Waals surface area contributed by atoms with Crippen molar-refractivity contribution in [3.8, 4) is 23.3 Å². The monoisotopic (exact) mass is 445 g/mol. The van der Waals surface area contributed by atoms with E-state index >= 15 is 0 Å². The van der Waals surface area contributed by atoms with Crippen LogP contribution in [-0.4, -0.2) is 33.6 Å². The molecule has 0 atom stereocenters. The van der Waals surface area contributed by atoms with Gasteiger partial charge in [-0.2, -0.15) is 20.1 Å². The van der Waals surface area contributed by atoms with Crippen molar-refractivity contribution in [2.75, 3.05) is 6.61 Å². The highest BCUT2D eigenvalue weighted by atomic mass is 16.5. The maximum absolute atomic E-state index is 12.8. The predicted octanol–water partition coefficient (Wildman–Crippen LogP) is 2.84. The summed E-state index contributed by atoms with van der Waals surface area (Å²) in [5.74, 6) is -0.385. The van der Waals surface area contributed by atoms with Crippen LogP contribution < -0.4 is 15.7 Å². The number of hydrazone groups is 1. The molecule has 0 radical (unpaired) electrons. The van der Waals surface area contributed by atoms with Gasteiger partial charge in [-0.3, -0.25) is 9.59 Å². The van der Waals surface area contributed by atoms with Gasteiger partial charge >= 0.3 is 0 Å². The highest BCUT2D eigenvalue weighted by Crippen LogP contribution is 2.26. The largest absolute Gasteiger partial charge is 0.504 e. The smallest absolute Gasteiger partial charge is 0.292 e. The van der Waals surface area contributed by atoms with Gasteiger partial charge in [-0.25, -0.2) is 5.43 Å². The van der Waals surface area contributed by atoms with Gasteiger partial charge in [-0.15, -0.1) is 0 Å². The van der Waals surface area contributed by atoms with Gasteiger partial charge in [0.15, 0.2) is 17.2 Å². The second kappa shape index (κ2) is 10.2. The van der Waals surface area contributed by atoms with Crippen molar-refractivity contribution in [3.63, 3.8) is 0 Å². The SMILES string of the molecule is CCOc1cc(/C=N/NC(=O)c2nn(-c3ccc(CC)cc3)c(=O)c(C#N)c2C)ccc1O. The van der Waals surface area contributed by atoms with Gasteiger partial charge in [0.2, 0.25) is 0 Å². The summed E-state index contributed by atoms with van der Waals surface area (Å²) in [5, 5.41) is 27.4. The Morgan fingerprint density at radius 3 is 2.64 bits per heavy atom. The van der Waals surface area contributed by atoms with E-state index in [0.717, 1.165) is 16.7 Å². The van der Waals surface area contributed by atoms with Crippen LogP contribution in [0.5, 0.6) is 11.5 Å². The Morgan fingerprint density at radius 1 is 1.27 bits per heavy atom. The summed E-state index contributed by atoms with van der Waals surface area (Å²) in [6, 6.07) is 13.6. The van der Waals surface area contributed by atoms with Crippen molar-refractivity contribution in [1.82, 2.24) is 15.2 Å². The Hall–Kier alpha value is -4.45. The van der Waals surface area contributed by atoms with Crippen LogP contribution in [0.25, 0.3) is 5.69 Å². The average Bonchev–Trinajstić information content (AvgIpc) is 2.82. The number of carbonyl (C=O) groups excluding carboxylic acids is 1. The third kappa shape index (κ3) is 5.07. The lowest BCUT2D eigenvalue weighted by atomic mass is 10.1. The lowest BCUT2D eigenvalue weighted by molar-refractivity contribution is 0.0947. The van der Waals surface area contributed by atoms with Gasteiger partial charge < -0.3 is 9.84 Å². The molecule has 1 amide bonds. The van der Waals surface area contributed by atoms with E-state index in [1.165, 1.54) is 19.2 Å². The van der Waals surface area contributed by atoms with E-state index in [2.05, 4.69) is 15.6 Å². The normalized spacial score (nSPS) is 10.7. The summed E-state index contributed by atoms with van der Waals surface area (Å²) in [6.45, 7) is 5.68. The molecule has 2 N–H and O–H groups in total. The molecule has 3 rings (SSSR count). The van der Waals surface area contributed by atoms with Crippen LogP contribution in [0.2, 0.25) is 0 Å². The summed E-state index contributed by atoms with van der Waals surface area (Å²) in [4.78, 5) is 25.5. The van der Waals surface area contributed by atoms with E-state index < -0.39 is 11.5 Å². The Bertz CT molecular complexity index is 1300. The first-order chi connectivity index (χ1) is 15.9. The number of phenolic OH excluding ortho intramolecular Hbond substituents is 1. The Balaban J connectivity index is 1.91. The summed E-state index contributed by atoms with van der Waals surface area (Å²) in [5.41, 5.74) is 3.77. The zero-order valence-corrected chi connectivity index (χ0v) is 18.5. The zero-order chi connectivity index (χ0) is 24.0. The van der Waals surface area contributed by atoms with Crippen molar-refractivity contribution < 1.29 is 14.6 Å². The first-order valence-electron chi connectivity index (χ1n) is 10.3. The molecule has 0 aliphatic carbocycles. The van der Waals surface area contributed by atoms with E-state index in [-0.39, 0.29) is 22.6 Å². The molecule has 2 aromatic carbocycles. The third-order valence-corrected chi connectivity index (χ3v) is 4.92. The number of nitrogens with one attached hydrogen (secondary N) is 1. The first-order valence-corrected chi connectivity index (χ1v) is 10.3. The van der Waals surface area contributed by atoms with Crippen molar-refractivity contribution >= 4 is 12.1 Å². The van der Waals surface area contributed by atoms with Gasteiger partial charge in [0, 0.05) is 5.56 Å². The van der Waals surface area contributed by atoms with Crippen molar-refractivity contribution in [3.05, 3.63) is 80.8 Å². The number of aryl methyl sites for hydroxylation is 1. The van der Waals surface area contributed by atoms with Crippen LogP contribution in [0.4, 0.5) is 0 Å². The summed E-state index contributed by atoms with van der Waals surface area (Å²) in [6.07, 6.45) is 2.21. The van der Waals surface area contributed by atoms with Gasteiger partial charge in [0.1, 0.15) is 11.6 Å². The van der Waals surface area contributed by atoms with Crippen LogP contribution in [0.1, 0.15) is 46.6 Å². The molecule has 1 aromatic heterocycles. The summed E-state index contributed by atoms with van der Waals surface area (Å²) >= 11 is 0. The predicted molar refractivity (Wildman–Crippen MR) is 123 cm³/mol. The number of hydrogen-bond acceptors (Lipinski definition) is 7. The highest BCUT2D eigenvalue weighted by molar-refractivity contribution is 5.94. The van der Waals surface area contributed by atoms with Crippen LogP contribution in [-0.2, 0) is 6.42 Å². The maximum Gasteiger partial charge on any atom is 0.292 e. The van der Waals surface area contributed by atoms with Gasteiger partial charge in [-0.1, -0.05) is 19.1 Å². The Morgan fingerprint density at radius 2 is 2.00 bits per heavy atom. The number of benzene rings is 2. The number of rotatable bonds is 7. The number of aromatic hydroxyl groups is 1. The Labute approximate surface area is 190 Å². The fourth-order valence-corrected chi connectivity index (χ4v) is 3.10. The second-order valence-electron chi connectivity index (χ2n) is 7.06. The van der Waals surface area contributed by atoms with Crippen molar-refractivity contribution in [1.29, 1.82) is 5.26 Å². The van der Waals surface area contributed by atoms with Crippen LogP contribution in [0.3, 0.4) is 0 Å². The van der Waals surface area contributed by atoms with Crippen LogP contribution in [0, 0.1) is 18.3 Å². The molecule has 0 aliphatic rings. The molecule has 1 heterocycles. The third-order valence-electron chi connectivity index (χ3n) is 4.92. The molecular weight excluding hydrogens is 422 g/mol. The molecule has 168 valence electrons. The van der Waals surface area contributed by atoms with Crippen LogP contribution in [0.15, 0.2) is 52.4 Å². The van der Waals surface area contributed by atoms with Crippen molar-refractivity contribution in [2.24, 2.45) is 5.10 Å². The number of ether oxygens (including phenoxy) is 1. The molecule has 0 saturated heterocycles. The molecule has 0 unspecified atom stereocenters. The maximum atomic E-state index is 12.8. The quantitative estimate of drug-likeness (QED) is 0.425. The molecule has 0 aliphatic heterocycles. The minimum Gasteiger partial charge on any atom is -0.504 e. The highest BCUT2D eigenvalue weighted by Gasteiger charge is 2.20. The number of amides is 1. The summed E-state index contributed by atoms with van der Waals surface area (Å²) in [7, 11) is 0. The topological polar surface area (TPSA) is 130 Å². The number of phenols is 1. The molecule has 9 nitrogen and oxygen atoms in total. The number of hydrogen-bond donors (Lipinski definition) is 2. The van der Waals surface area contributed by atoms with Crippen LogP contribution >= 0.6 is 0 Å². The lowest BCUT2D eigenvalue weighted by Crippen LogP contribution is -2.31. The minimum absolute atomic E-state index is 0.00359. The molecule has 0 bridgehead atoms. The van der Waals surface area contributed by atoms with E-state index in [4.69, 9.17) is 4.74 Å². The fourth-order valence-electron chi connectivity index (χ4n) is 3.10. The molecule has 0 saturated carbocycles. The number of carbonyl (C=O) groups is 1. The van der Waals surface area contributed by atoms with E-state index in [1.54, 1.807) is 31.2 Å². The molecule has 3 aromatic rings. The molecule has 33 heavy (non-hydrogen) atoms. The second-order valence-corrected chi connectivity index (χ2v) is 7.06. The van der Waals surface area contributed by atoms with Gasteiger partial charge in [0.25, 0.3) is 11.5 Å². The van der Waals surface area contributed by atoms with E-state index in [9.17, 15) is 20.0 Å². The number of nitriles is 1. The lowest BCUT2D eigenvalue weighted by Gasteiger charge is -2.11. The number of nitrogens with zero attached hydrogens (tertiary/aromatic N) is 4. The Kier molecular flexibility index (Phi) is 7.20. The number of aromatic nitrogens is 2. The molecule has 0 fully saturated rings. The van der Waals surface area contributed by atoms with E-state index in [1.807, 2.05) is 25.1 Å². The van der Waals surface area contributed by atoms with E-state index in [0.29, 0.717) is 23.6 Å². The molecule has 9 heteroatoms. The minimum atomic E-state index is -0.678. The van der Waals surface area contributed by atoms with Gasteiger partial charge in [0.05, 0.1) is 18.5 Å². The molecular formula is C24H23N5O4. The average molecular weight is 445 g/mol. The summed E-state index contributed by atoms with van der Waals surface area (Å²) < 4.78 is 6.36. The molecule has 0 spiro atoms. The standard InChI is InChI=1S/C24H23N5O4/c1-4-16-6-9-18(10-7-16)29-24(32)19(13-25)15(3)22(28-29)23(31)27-26-14-17-8-11-20(30)21(12-17)33-5-2/h6-12,14,30H,4-5H2,1-3H3,(H,27,31)/b26-14+. The van der Waals surface area contributed by atoms with Crippen molar-refractivity contribution in [2.45, 2.75) is 27.2 Å². The zero-order valence-electron chi connectivity index (χ0n) is 18.5.